The Bertz CT molecular complexity index is 680. The first-order valence-electron chi connectivity index (χ1n) is 10.7. The van der Waals surface area contributed by atoms with Crippen LogP contribution in [-0.4, -0.2) is 13.2 Å². The zero-order valence-electron chi connectivity index (χ0n) is 17.4. The van der Waals surface area contributed by atoms with Crippen LogP contribution in [0.3, 0.4) is 0 Å². The van der Waals surface area contributed by atoms with Gasteiger partial charge in [-0.15, -0.1) is 0 Å². The molecule has 0 aliphatic heterocycles. The summed E-state index contributed by atoms with van der Waals surface area (Å²) < 4.78 is 25.2. The van der Waals surface area contributed by atoms with Gasteiger partial charge in [0.25, 0.3) is 0 Å². The van der Waals surface area contributed by atoms with Crippen molar-refractivity contribution in [3.63, 3.8) is 0 Å². The van der Waals surface area contributed by atoms with Gasteiger partial charge in [-0.05, 0) is 36.1 Å². The zero-order valence-corrected chi connectivity index (χ0v) is 18.3. The molecule has 0 unspecified atom stereocenters. The Hall–Kier alpha value is -1.41. The van der Waals surface area contributed by atoms with Gasteiger partial charge in [0.2, 0.25) is 0 Å². The highest BCUT2D eigenvalue weighted by atomic mass is 31.2. The second-order valence-corrected chi connectivity index (χ2v) is 9.23. The van der Waals surface area contributed by atoms with Crippen molar-refractivity contribution in [1.29, 1.82) is 0 Å². The fourth-order valence-corrected chi connectivity index (χ4v) is 4.71. The molecule has 0 aliphatic carbocycles. The second kappa shape index (κ2) is 12.9. The maximum absolute atomic E-state index is 13.5. The lowest BCUT2D eigenvalue weighted by Gasteiger charge is -2.19. The van der Waals surface area contributed by atoms with Crippen LogP contribution in [0.15, 0.2) is 54.6 Å². The van der Waals surface area contributed by atoms with Crippen LogP contribution < -0.4 is 5.30 Å². The van der Waals surface area contributed by atoms with Crippen molar-refractivity contribution >= 4 is 12.9 Å². The summed E-state index contributed by atoms with van der Waals surface area (Å²) in [4.78, 5) is 0. The SMILES string of the molecule is CCCCCCOP(=O)(OCCCCCC)c1ccc(-c2ccccc2)cc1. The Morgan fingerprint density at radius 2 is 1.14 bits per heavy atom. The quantitative estimate of drug-likeness (QED) is 0.244. The Labute approximate surface area is 171 Å². The van der Waals surface area contributed by atoms with E-state index in [0.29, 0.717) is 18.5 Å². The number of unbranched alkanes of at least 4 members (excludes halogenated alkanes) is 6. The van der Waals surface area contributed by atoms with Crippen LogP contribution in [0.2, 0.25) is 0 Å². The molecule has 2 rings (SSSR count). The monoisotopic (exact) mass is 402 g/mol. The van der Waals surface area contributed by atoms with Crippen molar-refractivity contribution < 1.29 is 13.6 Å². The first kappa shape index (κ1) is 22.9. The highest BCUT2D eigenvalue weighted by Gasteiger charge is 2.27. The van der Waals surface area contributed by atoms with Gasteiger partial charge in [-0.1, -0.05) is 94.8 Å². The summed E-state index contributed by atoms with van der Waals surface area (Å²) in [6.45, 7) is 5.32. The lowest BCUT2D eigenvalue weighted by Crippen LogP contribution is -2.12. The Morgan fingerprint density at radius 3 is 1.64 bits per heavy atom. The Kier molecular flexibility index (Phi) is 10.6. The van der Waals surface area contributed by atoms with Crippen molar-refractivity contribution in [1.82, 2.24) is 0 Å². The molecule has 0 bridgehead atoms. The van der Waals surface area contributed by atoms with E-state index in [1.807, 2.05) is 42.5 Å². The first-order valence-corrected chi connectivity index (χ1v) is 12.3. The molecule has 0 N–H and O–H groups in total. The minimum Gasteiger partial charge on any atom is -0.305 e. The molecule has 2 aromatic carbocycles. The highest BCUT2D eigenvalue weighted by molar-refractivity contribution is 7.62. The molecule has 0 saturated heterocycles. The summed E-state index contributed by atoms with van der Waals surface area (Å²) in [6.07, 6.45) is 8.73. The predicted octanol–water partition coefficient (Wildman–Crippen LogP) is 7.37. The Morgan fingerprint density at radius 1 is 0.643 bits per heavy atom. The van der Waals surface area contributed by atoms with Gasteiger partial charge in [0.05, 0.1) is 18.5 Å². The van der Waals surface area contributed by atoms with E-state index in [0.717, 1.165) is 36.8 Å². The molecule has 28 heavy (non-hydrogen) atoms. The molecule has 0 saturated carbocycles. The standard InChI is InChI=1S/C24H35O3P/c1-3-5-7-12-20-26-28(25,27-21-13-8-6-4-2)24-18-16-23(17-19-24)22-14-10-9-11-15-22/h9-11,14-19H,3-8,12-13,20-21H2,1-2H3. The summed E-state index contributed by atoms with van der Waals surface area (Å²) >= 11 is 0. The van der Waals surface area contributed by atoms with Gasteiger partial charge in [0.15, 0.2) is 0 Å². The van der Waals surface area contributed by atoms with Crippen LogP contribution in [-0.2, 0) is 13.6 Å². The van der Waals surface area contributed by atoms with Gasteiger partial charge in [0.1, 0.15) is 0 Å². The fraction of sp³-hybridized carbons (Fsp3) is 0.500. The molecule has 0 amide bonds. The van der Waals surface area contributed by atoms with E-state index in [-0.39, 0.29) is 0 Å². The predicted molar refractivity (Wildman–Crippen MR) is 119 cm³/mol. The summed E-state index contributed by atoms with van der Waals surface area (Å²) in [6, 6.07) is 18.0. The molecule has 4 heteroatoms. The molecule has 0 fully saturated rings. The van der Waals surface area contributed by atoms with E-state index >= 15 is 0 Å². The topological polar surface area (TPSA) is 35.5 Å². The van der Waals surface area contributed by atoms with Crippen molar-refractivity contribution in [3.8, 4) is 11.1 Å². The molecule has 154 valence electrons. The normalized spacial score (nSPS) is 11.6. The minimum absolute atomic E-state index is 0.479. The van der Waals surface area contributed by atoms with Crippen LogP contribution in [0.4, 0.5) is 0 Å². The van der Waals surface area contributed by atoms with Gasteiger partial charge in [-0.2, -0.15) is 0 Å². The van der Waals surface area contributed by atoms with Crippen molar-refractivity contribution in [3.05, 3.63) is 54.6 Å². The molecule has 0 aromatic heterocycles. The van der Waals surface area contributed by atoms with Crippen LogP contribution in [0, 0.1) is 0 Å². The number of rotatable bonds is 14. The number of hydrogen-bond donors (Lipinski definition) is 0. The van der Waals surface area contributed by atoms with Crippen molar-refractivity contribution in [2.75, 3.05) is 13.2 Å². The smallest absolute Gasteiger partial charge is 0.305 e. The minimum atomic E-state index is -3.28. The highest BCUT2D eigenvalue weighted by Crippen LogP contribution is 2.47. The van der Waals surface area contributed by atoms with E-state index in [4.69, 9.17) is 9.05 Å². The van der Waals surface area contributed by atoms with Gasteiger partial charge in [0, 0.05) is 0 Å². The van der Waals surface area contributed by atoms with E-state index < -0.39 is 7.60 Å². The lowest BCUT2D eigenvalue weighted by atomic mass is 10.1. The molecule has 3 nitrogen and oxygen atoms in total. The third-order valence-corrected chi connectivity index (χ3v) is 6.78. The fourth-order valence-electron chi connectivity index (χ4n) is 3.08. The largest absolute Gasteiger partial charge is 0.361 e. The van der Waals surface area contributed by atoms with E-state index in [1.54, 1.807) is 0 Å². The molecule has 0 spiro atoms. The van der Waals surface area contributed by atoms with Gasteiger partial charge >= 0.3 is 7.60 Å². The molecular formula is C24H35O3P. The number of benzene rings is 2. The molecule has 0 atom stereocenters. The maximum atomic E-state index is 13.5. The summed E-state index contributed by atoms with van der Waals surface area (Å²) in [5.41, 5.74) is 2.24. The van der Waals surface area contributed by atoms with Crippen LogP contribution >= 0.6 is 7.60 Å². The molecule has 0 heterocycles. The third kappa shape index (κ3) is 7.54. The van der Waals surface area contributed by atoms with E-state index in [1.165, 1.54) is 25.7 Å². The maximum Gasteiger partial charge on any atom is 0.361 e. The van der Waals surface area contributed by atoms with Gasteiger partial charge < -0.3 is 9.05 Å². The summed E-state index contributed by atoms with van der Waals surface area (Å²) in [5, 5.41) is 0.651. The number of hydrogen-bond acceptors (Lipinski definition) is 3. The van der Waals surface area contributed by atoms with Crippen LogP contribution in [0.25, 0.3) is 11.1 Å². The van der Waals surface area contributed by atoms with Crippen LogP contribution in [0.5, 0.6) is 0 Å². The molecule has 2 aromatic rings. The van der Waals surface area contributed by atoms with Crippen molar-refractivity contribution in [2.45, 2.75) is 65.2 Å². The zero-order chi connectivity index (χ0) is 20.1. The lowest BCUT2D eigenvalue weighted by molar-refractivity contribution is 0.206. The van der Waals surface area contributed by atoms with Crippen molar-refractivity contribution in [2.24, 2.45) is 0 Å². The Balaban J connectivity index is 2.04. The average Bonchev–Trinajstić information content (AvgIpc) is 2.74. The van der Waals surface area contributed by atoms with Gasteiger partial charge in [-0.3, -0.25) is 4.57 Å². The summed E-state index contributed by atoms with van der Waals surface area (Å²) in [7, 11) is -3.28. The molecule has 0 aliphatic rings. The molecular weight excluding hydrogens is 367 g/mol. The average molecular weight is 403 g/mol. The molecule has 0 radical (unpaired) electrons. The summed E-state index contributed by atoms with van der Waals surface area (Å²) in [5.74, 6) is 0. The van der Waals surface area contributed by atoms with E-state index in [2.05, 4.69) is 26.0 Å². The van der Waals surface area contributed by atoms with Crippen LogP contribution in [0.1, 0.15) is 65.2 Å². The van der Waals surface area contributed by atoms with E-state index in [9.17, 15) is 4.57 Å². The first-order chi connectivity index (χ1) is 13.7. The second-order valence-electron chi connectivity index (χ2n) is 7.20. The van der Waals surface area contributed by atoms with Gasteiger partial charge in [-0.25, -0.2) is 0 Å². The third-order valence-electron chi connectivity index (χ3n) is 4.81.